The molecular formula is C6H9NO. The summed E-state index contributed by atoms with van der Waals surface area (Å²) in [5.41, 5.74) is 0.574. The van der Waals surface area contributed by atoms with Crippen LogP contribution in [0.1, 0.15) is 6.92 Å². The Morgan fingerprint density at radius 3 is 2.75 bits per heavy atom. The van der Waals surface area contributed by atoms with Crippen LogP contribution in [0.4, 0.5) is 0 Å². The number of rotatable bonds is 2. The maximum Gasteiger partial charge on any atom is 0.100 e. The Bertz CT molecular complexity index is 124. The fraction of sp³-hybridized carbons (Fsp3) is 0.167. The minimum atomic E-state index is 0.574. The van der Waals surface area contributed by atoms with Crippen molar-refractivity contribution >= 4 is 6.21 Å². The summed E-state index contributed by atoms with van der Waals surface area (Å²) in [5.74, 6) is 0. The Hall–Kier alpha value is -1.05. The number of hydrogen-bond donors (Lipinski definition) is 1. The molecule has 0 heterocycles. The summed E-state index contributed by atoms with van der Waals surface area (Å²) >= 11 is 0. The van der Waals surface area contributed by atoms with Gasteiger partial charge in [-0.05, 0) is 6.92 Å². The quantitative estimate of drug-likeness (QED) is 0.426. The van der Waals surface area contributed by atoms with Crippen molar-refractivity contribution in [3.05, 3.63) is 24.6 Å². The van der Waals surface area contributed by atoms with Crippen LogP contribution in [0.3, 0.4) is 0 Å². The lowest BCUT2D eigenvalue weighted by atomic mass is 10.5. The summed E-state index contributed by atoms with van der Waals surface area (Å²) in [5, 5.41) is 8.25. The minimum absolute atomic E-state index is 0.574. The Labute approximate surface area is 48.9 Å². The molecular weight excluding hydrogens is 102 g/mol. The topological polar surface area (TPSA) is 32.6 Å². The number of allylic oxidation sites excluding steroid dienone is 2. The monoisotopic (exact) mass is 111 g/mol. The first kappa shape index (κ1) is 6.95. The second kappa shape index (κ2) is 4.12. The molecule has 0 unspecified atom stereocenters. The van der Waals surface area contributed by atoms with Crippen molar-refractivity contribution in [2.75, 3.05) is 0 Å². The van der Waals surface area contributed by atoms with Crippen molar-refractivity contribution in [2.45, 2.75) is 6.92 Å². The van der Waals surface area contributed by atoms with Crippen molar-refractivity contribution in [3.63, 3.8) is 0 Å². The molecule has 0 aromatic heterocycles. The second-order valence-electron chi connectivity index (χ2n) is 1.28. The third-order valence-electron chi connectivity index (χ3n) is 0.570. The molecule has 0 atom stereocenters. The molecule has 2 heteroatoms. The first-order valence-corrected chi connectivity index (χ1v) is 2.27. The highest BCUT2D eigenvalue weighted by Crippen LogP contribution is 1.88. The molecule has 1 N–H and O–H groups in total. The van der Waals surface area contributed by atoms with Crippen LogP contribution in [0.2, 0.25) is 0 Å². The van der Waals surface area contributed by atoms with Crippen LogP contribution in [0.5, 0.6) is 0 Å². The Kier molecular flexibility index (Phi) is 3.58. The lowest BCUT2D eigenvalue weighted by Crippen LogP contribution is -1.68. The SMILES string of the molecule is C=C/C=N\C(C)=C/O. The van der Waals surface area contributed by atoms with E-state index in [2.05, 4.69) is 11.6 Å². The molecule has 44 valence electrons. The molecule has 0 aromatic rings. The van der Waals surface area contributed by atoms with Gasteiger partial charge in [0.2, 0.25) is 0 Å². The lowest BCUT2D eigenvalue weighted by Gasteiger charge is -1.81. The van der Waals surface area contributed by atoms with Gasteiger partial charge in [0.15, 0.2) is 0 Å². The van der Waals surface area contributed by atoms with E-state index < -0.39 is 0 Å². The predicted molar refractivity (Wildman–Crippen MR) is 35.1 cm³/mol. The molecule has 0 saturated heterocycles. The molecule has 2 nitrogen and oxygen atoms in total. The van der Waals surface area contributed by atoms with Gasteiger partial charge in [-0.2, -0.15) is 0 Å². The third kappa shape index (κ3) is 3.15. The molecule has 0 aliphatic carbocycles. The maximum atomic E-state index is 8.25. The third-order valence-corrected chi connectivity index (χ3v) is 0.570. The summed E-state index contributed by atoms with van der Waals surface area (Å²) in [6.07, 6.45) is 4.01. The smallest absolute Gasteiger partial charge is 0.100 e. The van der Waals surface area contributed by atoms with Crippen LogP contribution < -0.4 is 0 Å². The average molecular weight is 111 g/mol. The Morgan fingerprint density at radius 1 is 1.75 bits per heavy atom. The van der Waals surface area contributed by atoms with E-state index in [1.807, 2.05) is 0 Å². The van der Waals surface area contributed by atoms with E-state index >= 15 is 0 Å². The van der Waals surface area contributed by atoms with Gasteiger partial charge in [0.05, 0.1) is 5.70 Å². The zero-order valence-corrected chi connectivity index (χ0v) is 4.83. The van der Waals surface area contributed by atoms with Crippen molar-refractivity contribution in [1.29, 1.82) is 0 Å². The number of nitrogens with zero attached hydrogens (tertiary/aromatic N) is 1. The highest BCUT2D eigenvalue weighted by Gasteiger charge is 1.73. The summed E-state index contributed by atoms with van der Waals surface area (Å²) < 4.78 is 0. The van der Waals surface area contributed by atoms with Crippen LogP contribution >= 0.6 is 0 Å². The van der Waals surface area contributed by atoms with E-state index in [-0.39, 0.29) is 0 Å². The van der Waals surface area contributed by atoms with Gasteiger partial charge in [-0.15, -0.1) is 0 Å². The van der Waals surface area contributed by atoms with E-state index in [0.717, 1.165) is 6.26 Å². The van der Waals surface area contributed by atoms with Gasteiger partial charge >= 0.3 is 0 Å². The molecule has 0 bridgehead atoms. The summed E-state index contributed by atoms with van der Waals surface area (Å²) in [7, 11) is 0. The van der Waals surface area contributed by atoms with Crippen molar-refractivity contribution in [3.8, 4) is 0 Å². The molecule has 0 aromatic carbocycles. The fourth-order valence-electron chi connectivity index (χ4n) is 0.204. The number of hydrogen-bond acceptors (Lipinski definition) is 2. The van der Waals surface area contributed by atoms with E-state index in [4.69, 9.17) is 5.11 Å². The van der Waals surface area contributed by atoms with Crippen LogP contribution in [0.15, 0.2) is 29.6 Å². The predicted octanol–water partition coefficient (Wildman–Crippen LogP) is 1.66. The second-order valence-corrected chi connectivity index (χ2v) is 1.28. The molecule has 0 radical (unpaired) electrons. The molecule has 0 amide bonds. The zero-order chi connectivity index (χ0) is 6.41. The van der Waals surface area contributed by atoms with Gasteiger partial charge < -0.3 is 5.11 Å². The van der Waals surface area contributed by atoms with Gasteiger partial charge in [0, 0.05) is 6.21 Å². The summed E-state index contributed by atoms with van der Waals surface area (Å²) in [4.78, 5) is 3.73. The molecule has 0 spiro atoms. The van der Waals surface area contributed by atoms with Crippen LogP contribution in [0, 0.1) is 0 Å². The van der Waals surface area contributed by atoms with Crippen molar-refractivity contribution in [1.82, 2.24) is 0 Å². The number of aliphatic hydroxyl groups excluding tert-OH is 1. The molecule has 0 aliphatic heterocycles. The maximum absolute atomic E-state index is 8.25. The molecule has 0 saturated carbocycles. The van der Waals surface area contributed by atoms with E-state index in [1.54, 1.807) is 13.0 Å². The highest BCUT2D eigenvalue weighted by molar-refractivity contribution is 5.71. The largest absolute Gasteiger partial charge is 0.514 e. The highest BCUT2D eigenvalue weighted by atomic mass is 16.2. The van der Waals surface area contributed by atoms with Crippen LogP contribution in [-0.2, 0) is 0 Å². The van der Waals surface area contributed by atoms with Gasteiger partial charge in [0.25, 0.3) is 0 Å². The van der Waals surface area contributed by atoms with Crippen molar-refractivity contribution in [2.24, 2.45) is 4.99 Å². The molecule has 0 fully saturated rings. The van der Waals surface area contributed by atoms with Gasteiger partial charge in [-0.1, -0.05) is 12.7 Å². The van der Waals surface area contributed by atoms with Gasteiger partial charge in [-0.25, -0.2) is 0 Å². The summed E-state index contributed by atoms with van der Waals surface area (Å²) in [6.45, 7) is 5.10. The normalized spacial score (nSPS) is 12.4. The Balaban J connectivity index is 3.69. The minimum Gasteiger partial charge on any atom is -0.514 e. The number of aliphatic imine (C=N–C) groups is 1. The molecule has 8 heavy (non-hydrogen) atoms. The van der Waals surface area contributed by atoms with Crippen molar-refractivity contribution < 1.29 is 5.11 Å². The van der Waals surface area contributed by atoms with Gasteiger partial charge in [-0.3, -0.25) is 4.99 Å². The van der Waals surface area contributed by atoms with E-state index in [9.17, 15) is 0 Å². The molecule has 0 rings (SSSR count). The fourth-order valence-corrected chi connectivity index (χ4v) is 0.204. The van der Waals surface area contributed by atoms with Crippen LogP contribution in [-0.4, -0.2) is 11.3 Å². The number of aliphatic hydroxyl groups is 1. The standard InChI is InChI=1S/C6H9NO/c1-3-4-7-6(2)5-8/h3-5,8H,1H2,2H3/b6-5-,7-4-. The lowest BCUT2D eigenvalue weighted by molar-refractivity contribution is 0.467. The molecule has 0 aliphatic rings. The van der Waals surface area contributed by atoms with Gasteiger partial charge in [0.1, 0.15) is 6.26 Å². The average Bonchev–Trinajstić information content (AvgIpc) is 1.83. The Morgan fingerprint density at radius 2 is 2.38 bits per heavy atom. The first-order valence-electron chi connectivity index (χ1n) is 2.27. The van der Waals surface area contributed by atoms with E-state index in [1.165, 1.54) is 6.21 Å². The first-order chi connectivity index (χ1) is 3.81. The zero-order valence-electron chi connectivity index (χ0n) is 4.83. The summed E-state index contributed by atoms with van der Waals surface area (Å²) in [6, 6.07) is 0. The van der Waals surface area contributed by atoms with E-state index in [0.29, 0.717) is 5.70 Å². The van der Waals surface area contributed by atoms with Crippen LogP contribution in [0.25, 0.3) is 0 Å².